The van der Waals surface area contributed by atoms with E-state index in [0.717, 1.165) is 57.1 Å². The van der Waals surface area contributed by atoms with Crippen LogP contribution >= 0.6 is 0 Å². The molecule has 8 nitrogen and oxygen atoms in total. The quantitative estimate of drug-likeness (QED) is 0.367. The highest BCUT2D eigenvalue weighted by atomic mass is 16.5. The third-order valence-corrected chi connectivity index (χ3v) is 9.32. The van der Waals surface area contributed by atoms with Crippen LogP contribution in [-0.2, 0) is 13.0 Å². The van der Waals surface area contributed by atoms with E-state index in [2.05, 4.69) is 94.5 Å². The molecule has 0 amide bonds. The zero-order chi connectivity index (χ0) is 29.1. The Morgan fingerprint density at radius 3 is 2.71 bits per heavy atom. The summed E-state index contributed by atoms with van der Waals surface area (Å²) in [5.74, 6) is 1.52. The van der Waals surface area contributed by atoms with Crippen LogP contribution in [0.3, 0.4) is 0 Å². The van der Waals surface area contributed by atoms with Gasteiger partial charge in [-0.3, -0.25) is 0 Å². The SMILES string of the molecule is CC=CN1CCN(c2nc(OCC3CCC(N(C)C)C3)nc3c2CCN(c2cccc4ccccc24)C3)CC1CC#N. The molecule has 0 bridgehead atoms. The Kier molecular flexibility index (Phi) is 8.48. The monoisotopic (exact) mass is 565 g/mol. The van der Waals surface area contributed by atoms with Gasteiger partial charge in [-0.05, 0) is 70.3 Å². The van der Waals surface area contributed by atoms with Crippen molar-refractivity contribution in [2.75, 3.05) is 56.7 Å². The normalized spacial score (nSPS) is 22.6. The third kappa shape index (κ3) is 5.89. The van der Waals surface area contributed by atoms with Gasteiger partial charge in [0.2, 0.25) is 0 Å². The number of benzene rings is 2. The summed E-state index contributed by atoms with van der Waals surface area (Å²) < 4.78 is 6.40. The fourth-order valence-electron chi connectivity index (χ4n) is 7.00. The molecule has 1 aromatic heterocycles. The molecule has 1 saturated carbocycles. The van der Waals surface area contributed by atoms with Gasteiger partial charge >= 0.3 is 6.01 Å². The van der Waals surface area contributed by atoms with E-state index in [1.165, 1.54) is 34.9 Å². The van der Waals surface area contributed by atoms with E-state index >= 15 is 0 Å². The standard InChI is InChI=1S/C34H43N7O/c1-4-17-39-19-20-41(22-28(39)14-16-35)33-30-15-18-40(32-11-7-9-26-8-5-6-10-29(26)32)23-31(30)36-34(37-33)42-24-25-12-13-27(21-25)38(2)3/h4-11,17,25,27-28H,12-15,18-24H2,1-3H3. The van der Waals surface area contributed by atoms with Gasteiger partial charge < -0.3 is 24.3 Å². The molecule has 3 atom stereocenters. The zero-order valence-electron chi connectivity index (χ0n) is 25.2. The lowest BCUT2D eigenvalue weighted by molar-refractivity contribution is 0.219. The summed E-state index contributed by atoms with van der Waals surface area (Å²) in [5, 5.41) is 12.1. The van der Waals surface area contributed by atoms with Crippen LogP contribution in [0.5, 0.6) is 6.01 Å². The molecular weight excluding hydrogens is 522 g/mol. The number of ether oxygens (including phenoxy) is 1. The van der Waals surface area contributed by atoms with E-state index in [1.807, 2.05) is 6.92 Å². The van der Waals surface area contributed by atoms with Crippen molar-refractivity contribution >= 4 is 22.3 Å². The first kappa shape index (κ1) is 28.3. The second-order valence-electron chi connectivity index (χ2n) is 12.2. The first-order valence-electron chi connectivity index (χ1n) is 15.5. The molecule has 2 aromatic carbocycles. The van der Waals surface area contributed by atoms with Crippen molar-refractivity contribution in [2.24, 2.45) is 5.92 Å². The highest BCUT2D eigenvalue weighted by Gasteiger charge is 2.32. The smallest absolute Gasteiger partial charge is 0.318 e. The Morgan fingerprint density at radius 2 is 1.90 bits per heavy atom. The molecule has 0 radical (unpaired) electrons. The lowest BCUT2D eigenvalue weighted by Gasteiger charge is -2.42. The van der Waals surface area contributed by atoms with Crippen molar-refractivity contribution in [3.8, 4) is 12.1 Å². The molecule has 2 fully saturated rings. The minimum Gasteiger partial charge on any atom is -0.463 e. The maximum absolute atomic E-state index is 9.56. The number of piperazine rings is 1. The first-order valence-corrected chi connectivity index (χ1v) is 15.5. The van der Waals surface area contributed by atoms with Crippen LogP contribution in [-0.4, -0.2) is 78.7 Å². The second kappa shape index (κ2) is 12.6. The molecular formula is C34H43N7O. The fraction of sp³-hybridized carbons (Fsp3) is 0.500. The average molecular weight is 566 g/mol. The topological polar surface area (TPSA) is 71.8 Å². The first-order chi connectivity index (χ1) is 20.5. The molecule has 220 valence electrons. The molecule has 3 heterocycles. The Bertz CT molecular complexity index is 1460. The van der Waals surface area contributed by atoms with Crippen LogP contribution in [0.25, 0.3) is 10.8 Å². The van der Waals surface area contributed by atoms with E-state index in [1.54, 1.807) is 0 Å². The van der Waals surface area contributed by atoms with Gasteiger partial charge in [-0.1, -0.05) is 42.5 Å². The van der Waals surface area contributed by atoms with Crippen LogP contribution in [0.4, 0.5) is 11.5 Å². The van der Waals surface area contributed by atoms with Crippen molar-refractivity contribution in [3.05, 3.63) is 66.0 Å². The van der Waals surface area contributed by atoms with E-state index in [9.17, 15) is 5.26 Å². The Hall–Kier alpha value is -3.83. The van der Waals surface area contributed by atoms with E-state index in [4.69, 9.17) is 14.7 Å². The highest BCUT2D eigenvalue weighted by molar-refractivity contribution is 5.94. The van der Waals surface area contributed by atoms with Gasteiger partial charge in [0.05, 0.1) is 37.4 Å². The predicted octanol–water partition coefficient (Wildman–Crippen LogP) is 5.24. The van der Waals surface area contributed by atoms with Crippen LogP contribution < -0.4 is 14.5 Å². The van der Waals surface area contributed by atoms with Gasteiger partial charge in [0.25, 0.3) is 0 Å². The summed E-state index contributed by atoms with van der Waals surface area (Å²) in [6, 6.07) is 18.8. The summed E-state index contributed by atoms with van der Waals surface area (Å²) in [7, 11) is 4.34. The van der Waals surface area contributed by atoms with Gasteiger partial charge in [-0.25, -0.2) is 0 Å². The Morgan fingerprint density at radius 1 is 1.05 bits per heavy atom. The maximum atomic E-state index is 9.56. The Labute approximate surface area is 250 Å². The fourth-order valence-corrected chi connectivity index (χ4v) is 7.00. The number of rotatable bonds is 8. The largest absolute Gasteiger partial charge is 0.463 e. The van der Waals surface area contributed by atoms with Crippen molar-refractivity contribution < 1.29 is 4.74 Å². The molecule has 0 N–H and O–H groups in total. The number of hydrogen-bond acceptors (Lipinski definition) is 8. The van der Waals surface area contributed by atoms with Gasteiger partial charge in [0, 0.05) is 48.9 Å². The molecule has 42 heavy (non-hydrogen) atoms. The number of nitriles is 1. The molecule has 0 spiro atoms. The minimum absolute atomic E-state index is 0.132. The zero-order valence-corrected chi connectivity index (χ0v) is 25.2. The molecule has 1 aliphatic carbocycles. The molecule has 8 heteroatoms. The lowest BCUT2D eigenvalue weighted by atomic mass is 10.0. The van der Waals surface area contributed by atoms with Gasteiger partial charge in [0.1, 0.15) is 5.82 Å². The van der Waals surface area contributed by atoms with Crippen LogP contribution in [0.1, 0.15) is 43.9 Å². The minimum atomic E-state index is 0.132. The second-order valence-corrected chi connectivity index (χ2v) is 12.2. The van der Waals surface area contributed by atoms with E-state index in [0.29, 0.717) is 31.0 Å². The highest BCUT2D eigenvalue weighted by Crippen LogP contribution is 2.35. The molecule has 3 unspecified atom stereocenters. The summed E-state index contributed by atoms with van der Waals surface area (Å²) in [6.07, 6.45) is 9.09. The average Bonchev–Trinajstić information content (AvgIpc) is 3.50. The molecule has 3 aromatic rings. The summed E-state index contributed by atoms with van der Waals surface area (Å²) >= 11 is 0. The van der Waals surface area contributed by atoms with E-state index in [-0.39, 0.29) is 6.04 Å². The van der Waals surface area contributed by atoms with Gasteiger partial charge in [-0.2, -0.15) is 15.2 Å². The summed E-state index contributed by atoms with van der Waals surface area (Å²) in [5.41, 5.74) is 3.53. The van der Waals surface area contributed by atoms with Crippen molar-refractivity contribution in [1.82, 2.24) is 19.8 Å². The summed E-state index contributed by atoms with van der Waals surface area (Å²) in [6.45, 7) is 6.81. The van der Waals surface area contributed by atoms with Gasteiger partial charge in [-0.15, -0.1) is 0 Å². The summed E-state index contributed by atoms with van der Waals surface area (Å²) in [4.78, 5) is 19.6. The van der Waals surface area contributed by atoms with Gasteiger partial charge in [0.15, 0.2) is 0 Å². The van der Waals surface area contributed by atoms with Crippen LogP contribution in [0.2, 0.25) is 0 Å². The molecule has 6 rings (SSSR count). The molecule has 2 aliphatic heterocycles. The number of anilines is 2. The molecule has 1 saturated heterocycles. The van der Waals surface area contributed by atoms with E-state index < -0.39 is 0 Å². The number of allylic oxidation sites excluding steroid dienone is 1. The Balaban J connectivity index is 1.30. The maximum Gasteiger partial charge on any atom is 0.318 e. The number of nitrogens with zero attached hydrogens (tertiary/aromatic N) is 7. The molecule has 3 aliphatic rings. The third-order valence-electron chi connectivity index (χ3n) is 9.32. The van der Waals surface area contributed by atoms with Crippen molar-refractivity contribution in [1.29, 1.82) is 5.26 Å². The number of aromatic nitrogens is 2. The lowest BCUT2D eigenvalue weighted by Crippen LogP contribution is -2.51. The van der Waals surface area contributed by atoms with Crippen LogP contribution in [0, 0.1) is 17.2 Å². The van der Waals surface area contributed by atoms with Crippen molar-refractivity contribution in [3.63, 3.8) is 0 Å². The predicted molar refractivity (Wildman–Crippen MR) is 169 cm³/mol. The van der Waals surface area contributed by atoms with Crippen molar-refractivity contribution in [2.45, 2.75) is 57.7 Å². The van der Waals surface area contributed by atoms with Crippen LogP contribution in [0.15, 0.2) is 54.7 Å². The number of hydrogen-bond donors (Lipinski definition) is 0. The number of fused-ring (bicyclic) bond motifs is 2.